The Balaban J connectivity index is 2.40. The summed E-state index contributed by atoms with van der Waals surface area (Å²) < 4.78 is 51.8. The van der Waals surface area contributed by atoms with Gasteiger partial charge in [-0.3, -0.25) is 0 Å². The predicted octanol–water partition coefficient (Wildman–Crippen LogP) is 4.69. The largest absolute Gasteiger partial charge is 0.478 e. The number of halogens is 4. The summed E-state index contributed by atoms with van der Waals surface area (Å²) in [4.78, 5) is 11.0. The standard InChI is InChI=1S/C14H8F4O2S/c15-11-6-5-8(7-9(11)13(19)20)21-12-4-2-1-3-10(12)14(16,17)18/h1-7H,(H,19,20). The molecule has 0 bridgehead atoms. The van der Waals surface area contributed by atoms with Crippen molar-refractivity contribution in [3.8, 4) is 0 Å². The predicted molar refractivity (Wildman–Crippen MR) is 68.9 cm³/mol. The molecule has 0 heterocycles. The molecule has 0 atom stereocenters. The van der Waals surface area contributed by atoms with Crippen molar-refractivity contribution in [3.05, 3.63) is 59.4 Å². The Morgan fingerprint density at radius 2 is 1.76 bits per heavy atom. The summed E-state index contributed by atoms with van der Waals surface area (Å²) in [6, 6.07) is 8.08. The molecule has 110 valence electrons. The van der Waals surface area contributed by atoms with Crippen LogP contribution in [0.15, 0.2) is 52.3 Å². The molecule has 0 fully saturated rings. The summed E-state index contributed by atoms with van der Waals surface area (Å²) in [5.74, 6) is -2.41. The van der Waals surface area contributed by atoms with Gasteiger partial charge in [0.1, 0.15) is 5.82 Å². The highest BCUT2D eigenvalue weighted by atomic mass is 32.2. The van der Waals surface area contributed by atoms with Crippen molar-refractivity contribution in [1.29, 1.82) is 0 Å². The quantitative estimate of drug-likeness (QED) is 0.834. The monoisotopic (exact) mass is 316 g/mol. The van der Waals surface area contributed by atoms with Crippen LogP contribution in [0.3, 0.4) is 0 Å². The van der Waals surface area contributed by atoms with E-state index in [9.17, 15) is 22.4 Å². The first-order valence-electron chi connectivity index (χ1n) is 5.66. The molecule has 0 saturated heterocycles. The smallest absolute Gasteiger partial charge is 0.417 e. The maximum atomic E-state index is 13.3. The molecule has 0 aromatic heterocycles. The van der Waals surface area contributed by atoms with Gasteiger partial charge in [0.2, 0.25) is 0 Å². The first kappa shape index (κ1) is 15.4. The van der Waals surface area contributed by atoms with Gasteiger partial charge in [0, 0.05) is 9.79 Å². The van der Waals surface area contributed by atoms with E-state index < -0.39 is 29.1 Å². The van der Waals surface area contributed by atoms with Crippen molar-refractivity contribution < 1.29 is 27.5 Å². The zero-order valence-electron chi connectivity index (χ0n) is 10.3. The number of hydrogen-bond donors (Lipinski definition) is 1. The normalized spacial score (nSPS) is 11.4. The highest BCUT2D eigenvalue weighted by molar-refractivity contribution is 7.99. The molecule has 2 nitrogen and oxygen atoms in total. The van der Waals surface area contributed by atoms with Crippen molar-refractivity contribution in [2.24, 2.45) is 0 Å². The molecule has 0 aliphatic rings. The number of benzene rings is 2. The summed E-state index contributed by atoms with van der Waals surface area (Å²) in [6.45, 7) is 0. The Morgan fingerprint density at radius 1 is 1.10 bits per heavy atom. The molecule has 0 radical (unpaired) electrons. The molecule has 0 saturated carbocycles. The highest BCUT2D eigenvalue weighted by Gasteiger charge is 2.33. The molecule has 0 spiro atoms. The summed E-state index contributed by atoms with van der Waals surface area (Å²) in [6.07, 6.45) is -4.51. The average Bonchev–Trinajstić information content (AvgIpc) is 2.40. The Labute approximate surface area is 121 Å². The Hall–Kier alpha value is -2.02. The minimum atomic E-state index is -4.51. The van der Waals surface area contributed by atoms with E-state index in [1.165, 1.54) is 24.3 Å². The van der Waals surface area contributed by atoms with E-state index in [4.69, 9.17) is 5.11 Å². The molecule has 0 amide bonds. The fraction of sp³-hybridized carbons (Fsp3) is 0.0714. The van der Waals surface area contributed by atoms with Gasteiger partial charge in [-0.2, -0.15) is 13.2 Å². The van der Waals surface area contributed by atoms with Crippen LogP contribution < -0.4 is 0 Å². The fourth-order valence-corrected chi connectivity index (χ4v) is 2.66. The van der Waals surface area contributed by atoms with Gasteiger partial charge in [-0.05, 0) is 30.3 Å². The summed E-state index contributed by atoms with van der Waals surface area (Å²) in [5, 5.41) is 8.81. The molecule has 21 heavy (non-hydrogen) atoms. The van der Waals surface area contributed by atoms with E-state index in [2.05, 4.69) is 0 Å². The van der Waals surface area contributed by atoms with Crippen molar-refractivity contribution in [1.82, 2.24) is 0 Å². The first-order chi connectivity index (χ1) is 9.79. The van der Waals surface area contributed by atoms with Crippen LogP contribution in [0.5, 0.6) is 0 Å². The van der Waals surface area contributed by atoms with Gasteiger partial charge in [0.05, 0.1) is 11.1 Å². The topological polar surface area (TPSA) is 37.3 Å². The van der Waals surface area contributed by atoms with Crippen LogP contribution in [0.2, 0.25) is 0 Å². The molecular formula is C14H8F4O2S. The van der Waals surface area contributed by atoms with Gasteiger partial charge in [0.15, 0.2) is 0 Å². The van der Waals surface area contributed by atoms with Crippen LogP contribution in [0, 0.1) is 5.82 Å². The van der Waals surface area contributed by atoms with Gasteiger partial charge in [-0.15, -0.1) is 0 Å². The molecule has 0 unspecified atom stereocenters. The molecule has 2 aromatic carbocycles. The van der Waals surface area contributed by atoms with E-state index in [0.29, 0.717) is 0 Å². The van der Waals surface area contributed by atoms with E-state index in [1.807, 2.05) is 0 Å². The van der Waals surface area contributed by atoms with Crippen LogP contribution >= 0.6 is 11.8 Å². The van der Waals surface area contributed by atoms with E-state index >= 15 is 0 Å². The van der Waals surface area contributed by atoms with Crippen LogP contribution in [-0.4, -0.2) is 11.1 Å². The van der Waals surface area contributed by atoms with E-state index in [0.717, 1.165) is 30.0 Å². The van der Waals surface area contributed by atoms with Gasteiger partial charge < -0.3 is 5.11 Å². The number of carboxylic acid groups (broad SMARTS) is 1. The third-order valence-corrected chi connectivity index (χ3v) is 3.65. The lowest BCUT2D eigenvalue weighted by Crippen LogP contribution is -2.06. The van der Waals surface area contributed by atoms with E-state index in [1.54, 1.807) is 0 Å². The molecule has 2 aromatic rings. The van der Waals surface area contributed by atoms with E-state index in [-0.39, 0.29) is 9.79 Å². The summed E-state index contributed by atoms with van der Waals surface area (Å²) in [5.41, 5.74) is -1.40. The molecule has 1 N–H and O–H groups in total. The SMILES string of the molecule is O=C(O)c1cc(Sc2ccccc2C(F)(F)F)ccc1F. The van der Waals surface area contributed by atoms with Gasteiger partial charge in [-0.25, -0.2) is 9.18 Å². The number of hydrogen-bond acceptors (Lipinski definition) is 2. The number of carboxylic acids is 1. The number of carbonyl (C=O) groups is 1. The second-order valence-electron chi connectivity index (χ2n) is 4.04. The van der Waals surface area contributed by atoms with Gasteiger partial charge in [0.25, 0.3) is 0 Å². The van der Waals surface area contributed by atoms with Crippen molar-refractivity contribution >= 4 is 17.7 Å². The van der Waals surface area contributed by atoms with Crippen LogP contribution in [0.4, 0.5) is 17.6 Å². The second-order valence-corrected chi connectivity index (χ2v) is 5.16. The second kappa shape index (κ2) is 5.77. The third kappa shape index (κ3) is 3.55. The fourth-order valence-electron chi connectivity index (χ4n) is 1.65. The van der Waals surface area contributed by atoms with Crippen LogP contribution in [0.25, 0.3) is 0 Å². The number of alkyl halides is 3. The molecular weight excluding hydrogens is 308 g/mol. The Bertz CT molecular complexity index is 683. The summed E-state index contributed by atoms with van der Waals surface area (Å²) >= 11 is 0.731. The molecule has 7 heteroatoms. The van der Waals surface area contributed by atoms with Crippen molar-refractivity contribution in [2.45, 2.75) is 16.0 Å². The van der Waals surface area contributed by atoms with Crippen LogP contribution in [-0.2, 0) is 6.18 Å². The molecule has 2 rings (SSSR count). The summed E-state index contributed by atoms with van der Waals surface area (Å²) in [7, 11) is 0. The minimum absolute atomic E-state index is 0.0760. The Morgan fingerprint density at radius 3 is 2.38 bits per heavy atom. The van der Waals surface area contributed by atoms with Gasteiger partial charge >= 0.3 is 12.1 Å². The highest BCUT2D eigenvalue weighted by Crippen LogP contribution is 2.39. The molecule has 0 aliphatic carbocycles. The van der Waals surface area contributed by atoms with Crippen molar-refractivity contribution in [2.75, 3.05) is 0 Å². The Kier molecular flexibility index (Phi) is 4.22. The zero-order chi connectivity index (χ0) is 15.6. The van der Waals surface area contributed by atoms with Crippen LogP contribution in [0.1, 0.15) is 15.9 Å². The number of aromatic carboxylic acids is 1. The first-order valence-corrected chi connectivity index (χ1v) is 6.47. The number of rotatable bonds is 3. The maximum absolute atomic E-state index is 13.3. The minimum Gasteiger partial charge on any atom is -0.478 e. The van der Waals surface area contributed by atoms with Crippen molar-refractivity contribution in [3.63, 3.8) is 0 Å². The molecule has 0 aliphatic heterocycles. The third-order valence-electron chi connectivity index (χ3n) is 2.59. The lowest BCUT2D eigenvalue weighted by atomic mass is 10.2. The van der Waals surface area contributed by atoms with Gasteiger partial charge in [-0.1, -0.05) is 23.9 Å². The average molecular weight is 316 g/mol. The zero-order valence-corrected chi connectivity index (χ0v) is 11.1. The maximum Gasteiger partial charge on any atom is 0.417 e. The lowest BCUT2D eigenvalue weighted by molar-refractivity contribution is -0.139. The lowest BCUT2D eigenvalue weighted by Gasteiger charge is -2.12.